The second-order valence-corrected chi connectivity index (χ2v) is 5.33. The molecule has 0 aromatic heterocycles. The molecule has 0 bridgehead atoms. The van der Waals surface area contributed by atoms with Crippen molar-refractivity contribution in [3.63, 3.8) is 0 Å². The van der Waals surface area contributed by atoms with Crippen LogP contribution in [0.4, 0.5) is 0 Å². The maximum atomic E-state index is 12.1. The Labute approximate surface area is 119 Å². The number of ether oxygens (including phenoxy) is 3. The van der Waals surface area contributed by atoms with Gasteiger partial charge in [0.15, 0.2) is 12.1 Å². The highest BCUT2D eigenvalue weighted by Gasteiger charge is 2.49. The first-order valence-electron chi connectivity index (χ1n) is 7.13. The molecule has 2 unspecified atom stereocenters. The second-order valence-electron chi connectivity index (χ2n) is 5.33. The molecule has 1 fully saturated rings. The van der Waals surface area contributed by atoms with Crippen LogP contribution in [0.15, 0.2) is 11.6 Å². The Balaban J connectivity index is 2.04. The van der Waals surface area contributed by atoms with Crippen molar-refractivity contribution in [2.75, 3.05) is 20.3 Å². The molecular formula is C15H22O5. The van der Waals surface area contributed by atoms with E-state index in [2.05, 4.69) is 0 Å². The lowest BCUT2D eigenvalue weighted by molar-refractivity contribution is -0.165. The Kier molecular flexibility index (Phi) is 4.94. The Bertz CT molecular complexity index is 408. The number of Topliss-reactive ketones (excluding diaryl/α,β-unsaturated/α-hetero) is 1. The molecule has 1 aliphatic carbocycles. The van der Waals surface area contributed by atoms with Crippen LogP contribution in [0.3, 0.4) is 0 Å². The SMILES string of the molecule is COC(=O)C1(C(C)=O)CCC=C1COC1CCCCO1. The summed E-state index contributed by atoms with van der Waals surface area (Å²) in [5.41, 5.74) is -0.435. The standard InChI is InChI=1S/C15H22O5/c1-11(16)15(14(17)18-2)8-5-6-12(15)10-20-13-7-3-4-9-19-13/h6,13H,3-5,7-10H2,1-2H3. The highest BCUT2D eigenvalue weighted by atomic mass is 16.7. The summed E-state index contributed by atoms with van der Waals surface area (Å²) in [7, 11) is 1.31. The molecule has 5 heteroatoms. The van der Waals surface area contributed by atoms with Gasteiger partial charge in [-0.1, -0.05) is 6.08 Å². The molecule has 0 amide bonds. The smallest absolute Gasteiger partial charge is 0.323 e. The third-order valence-electron chi connectivity index (χ3n) is 4.16. The van der Waals surface area contributed by atoms with E-state index in [0.717, 1.165) is 19.3 Å². The van der Waals surface area contributed by atoms with Crippen LogP contribution >= 0.6 is 0 Å². The summed E-state index contributed by atoms with van der Waals surface area (Å²) in [4.78, 5) is 24.1. The zero-order chi connectivity index (χ0) is 14.6. The van der Waals surface area contributed by atoms with Crippen LogP contribution in [0.25, 0.3) is 0 Å². The molecule has 5 nitrogen and oxygen atoms in total. The van der Waals surface area contributed by atoms with Crippen LogP contribution in [0, 0.1) is 5.41 Å². The number of hydrogen-bond acceptors (Lipinski definition) is 5. The van der Waals surface area contributed by atoms with Crippen molar-refractivity contribution in [3.05, 3.63) is 11.6 Å². The van der Waals surface area contributed by atoms with Crippen LogP contribution in [-0.4, -0.2) is 38.4 Å². The Morgan fingerprint density at radius 3 is 2.85 bits per heavy atom. The Hall–Kier alpha value is -1.20. The monoisotopic (exact) mass is 282 g/mol. The molecule has 0 radical (unpaired) electrons. The second kappa shape index (κ2) is 6.50. The number of allylic oxidation sites excluding steroid dienone is 1. The first-order chi connectivity index (χ1) is 9.61. The van der Waals surface area contributed by atoms with Crippen molar-refractivity contribution in [1.82, 2.24) is 0 Å². The van der Waals surface area contributed by atoms with Gasteiger partial charge in [-0.3, -0.25) is 9.59 Å². The number of hydrogen-bond donors (Lipinski definition) is 0. The van der Waals surface area contributed by atoms with Gasteiger partial charge in [0.25, 0.3) is 0 Å². The number of carbonyl (C=O) groups is 2. The highest BCUT2D eigenvalue weighted by molar-refractivity contribution is 6.06. The summed E-state index contributed by atoms with van der Waals surface area (Å²) in [6.07, 6.45) is 5.85. The van der Waals surface area contributed by atoms with Crippen molar-refractivity contribution >= 4 is 11.8 Å². The van der Waals surface area contributed by atoms with Gasteiger partial charge >= 0.3 is 5.97 Å². The van der Waals surface area contributed by atoms with Gasteiger partial charge in [0.05, 0.1) is 13.7 Å². The zero-order valence-electron chi connectivity index (χ0n) is 12.1. The molecule has 2 rings (SSSR count). The fourth-order valence-electron chi connectivity index (χ4n) is 2.96. The van der Waals surface area contributed by atoms with Crippen molar-refractivity contribution in [3.8, 4) is 0 Å². The summed E-state index contributed by atoms with van der Waals surface area (Å²) in [6, 6.07) is 0. The third-order valence-corrected chi connectivity index (χ3v) is 4.16. The normalized spacial score (nSPS) is 29.9. The summed E-state index contributed by atoms with van der Waals surface area (Å²) in [5, 5.41) is 0. The van der Waals surface area contributed by atoms with Gasteiger partial charge in [0.1, 0.15) is 5.41 Å². The molecule has 1 heterocycles. The summed E-state index contributed by atoms with van der Waals surface area (Å²) >= 11 is 0. The largest absolute Gasteiger partial charge is 0.468 e. The fourth-order valence-corrected chi connectivity index (χ4v) is 2.96. The molecule has 1 saturated heterocycles. The minimum Gasteiger partial charge on any atom is -0.468 e. The van der Waals surface area contributed by atoms with Gasteiger partial charge in [-0.25, -0.2) is 0 Å². The molecule has 0 aromatic rings. The van der Waals surface area contributed by atoms with Gasteiger partial charge in [0.2, 0.25) is 0 Å². The molecule has 1 aliphatic heterocycles. The van der Waals surface area contributed by atoms with Gasteiger partial charge < -0.3 is 14.2 Å². The first kappa shape index (κ1) is 15.2. The lowest BCUT2D eigenvalue weighted by Crippen LogP contribution is -2.40. The van der Waals surface area contributed by atoms with Crippen LogP contribution in [0.5, 0.6) is 0 Å². The Morgan fingerprint density at radius 1 is 1.45 bits per heavy atom. The molecular weight excluding hydrogens is 260 g/mol. The van der Waals surface area contributed by atoms with Crippen molar-refractivity contribution < 1.29 is 23.8 Å². The van der Waals surface area contributed by atoms with Crippen LogP contribution in [0.2, 0.25) is 0 Å². The maximum absolute atomic E-state index is 12.1. The van der Waals surface area contributed by atoms with Crippen LogP contribution in [0.1, 0.15) is 39.0 Å². The van der Waals surface area contributed by atoms with Gasteiger partial charge in [0, 0.05) is 6.61 Å². The number of esters is 1. The predicted octanol–water partition coefficient (Wildman–Crippen LogP) is 2.00. The van der Waals surface area contributed by atoms with E-state index in [-0.39, 0.29) is 18.7 Å². The fraction of sp³-hybridized carbons (Fsp3) is 0.733. The van der Waals surface area contributed by atoms with E-state index in [1.54, 1.807) is 0 Å². The minimum atomic E-state index is -1.15. The quantitative estimate of drug-likeness (QED) is 0.438. The van der Waals surface area contributed by atoms with Crippen LogP contribution < -0.4 is 0 Å². The molecule has 2 atom stereocenters. The third kappa shape index (κ3) is 2.79. The molecule has 0 spiro atoms. The predicted molar refractivity (Wildman–Crippen MR) is 72.0 cm³/mol. The lowest BCUT2D eigenvalue weighted by atomic mass is 9.78. The van der Waals surface area contributed by atoms with Crippen molar-refractivity contribution in [2.45, 2.75) is 45.3 Å². The van der Waals surface area contributed by atoms with Crippen LogP contribution in [-0.2, 0) is 23.8 Å². The Morgan fingerprint density at radius 2 is 2.25 bits per heavy atom. The van der Waals surface area contributed by atoms with Crippen molar-refractivity contribution in [2.24, 2.45) is 5.41 Å². The zero-order valence-corrected chi connectivity index (χ0v) is 12.1. The number of carbonyl (C=O) groups excluding carboxylic acids is 2. The van der Waals surface area contributed by atoms with Gasteiger partial charge in [-0.15, -0.1) is 0 Å². The molecule has 2 aliphatic rings. The van der Waals surface area contributed by atoms with Gasteiger partial charge in [-0.2, -0.15) is 0 Å². The molecule has 0 N–H and O–H groups in total. The van der Waals surface area contributed by atoms with E-state index in [1.165, 1.54) is 14.0 Å². The molecule has 0 aromatic carbocycles. The van der Waals surface area contributed by atoms with E-state index in [9.17, 15) is 9.59 Å². The van der Waals surface area contributed by atoms with E-state index in [1.807, 2.05) is 6.08 Å². The van der Waals surface area contributed by atoms with Gasteiger partial charge in [-0.05, 0) is 44.6 Å². The van der Waals surface area contributed by atoms with E-state index >= 15 is 0 Å². The lowest BCUT2D eigenvalue weighted by Gasteiger charge is -2.29. The summed E-state index contributed by atoms with van der Waals surface area (Å²) in [5.74, 6) is -0.664. The average Bonchev–Trinajstić information content (AvgIpc) is 2.90. The van der Waals surface area contributed by atoms with E-state index in [4.69, 9.17) is 14.2 Å². The van der Waals surface area contributed by atoms with Crippen molar-refractivity contribution in [1.29, 1.82) is 0 Å². The van der Waals surface area contributed by atoms with E-state index in [0.29, 0.717) is 25.0 Å². The number of rotatable bonds is 5. The first-order valence-corrected chi connectivity index (χ1v) is 7.13. The number of ketones is 1. The van der Waals surface area contributed by atoms with E-state index < -0.39 is 11.4 Å². The number of methoxy groups -OCH3 is 1. The maximum Gasteiger partial charge on any atom is 0.323 e. The summed E-state index contributed by atoms with van der Waals surface area (Å²) in [6.45, 7) is 2.39. The highest BCUT2D eigenvalue weighted by Crippen LogP contribution is 2.41. The summed E-state index contributed by atoms with van der Waals surface area (Å²) < 4.78 is 16.1. The minimum absolute atomic E-state index is 0.179. The topological polar surface area (TPSA) is 61.8 Å². The average molecular weight is 282 g/mol. The molecule has 20 heavy (non-hydrogen) atoms. The molecule has 112 valence electrons. The molecule has 0 saturated carbocycles.